The lowest BCUT2D eigenvalue weighted by molar-refractivity contribution is 0.300. The maximum absolute atomic E-state index is 8.78. The lowest BCUT2D eigenvalue weighted by Crippen LogP contribution is -2.05. The second-order valence-electron chi connectivity index (χ2n) is 6.57. The number of ether oxygens (including phenoxy) is 1. The van der Waals surface area contributed by atoms with Crippen molar-refractivity contribution in [1.82, 2.24) is 0 Å². The van der Waals surface area contributed by atoms with E-state index >= 15 is 0 Å². The molecule has 0 heterocycles. The van der Waals surface area contributed by atoms with Gasteiger partial charge < -0.3 is 4.74 Å². The standard InChI is InChI=1S/C21H29NO/c1-6-7-8-9-13-23-21-18(11-10-12-22)14-19(16(2)3)15-20(21)17(4)5/h14-17H,6-9,13H2,1-5H3. The van der Waals surface area contributed by atoms with Crippen LogP contribution in [0.4, 0.5) is 0 Å². The minimum Gasteiger partial charge on any atom is -0.492 e. The van der Waals surface area contributed by atoms with Crippen molar-refractivity contribution >= 4 is 0 Å². The molecule has 1 aromatic rings. The fourth-order valence-electron chi connectivity index (χ4n) is 2.49. The van der Waals surface area contributed by atoms with Crippen molar-refractivity contribution in [2.24, 2.45) is 0 Å². The van der Waals surface area contributed by atoms with Gasteiger partial charge in [-0.15, -0.1) is 0 Å². The lowest BCUT2D eigenvalue weighted by atomic mass is 9.92. The highest BCUT2D eigenvalue weighted by molar-refractivity contribution is 5.55. The van der Waals surface area contributed by atoms with Gasteiger partial charge in [0.2, 0.25) is 0 Å². The number of hydrogen-bond acceptors (Lipinski definition) is 2. The molecule has 0 saturated heterocycles. The highest BCUT2D eigenvalue weighted by Gasteiger charge is 2.15. The van der Waals surface area contributed by atoms with Gasteiger partial charge in [-0.25, -0.2) is 0 Å². The number of nitrogens with zero attached hydrogens (tertiary/aromatic N) is 1. The fraction of sp³-hybridized carbons (Fsp3) is 0.571. The zero-order valence-electron chi connectivity index (χ0n) is 15.2. The molecule has 1 rings (SSSR count). The molecule has 0 atom stereocenters. The average Bonchev–Trinajstić information content (AvgIpc) is 2.52. The molecule has 0 radical (unpaired) electrons. The Kier molecular flexibility index (Phi) is 8.28. The second-order valence-corrected chi connectivity index (χ2v) is 6.57. The van der Waals surface area contributed by atoms with Crippen LogP contribution in [0.2, 0.25) is 0 Å². The van der Waals surface area contributed by atoms with Gasteiger partial charge in [0, 0.05) is 5.92 Å². The fourth-order valence-corrected chi connectivity index (χ4v) is 2.49. The Balaban J connectivity index is 3.14. The molecule has 0 aliphatic heterocycles. The monoisotopic (exact) mass is 311 g/mol. The van der Waals surface area contributed by atoms with Crippen LogP contribution in [0.3, 0.4) is 0 Å². The molecular formula is C21H29NO. The smallest absolute Gasteiger partial charge is 0.152 e. The maximum atomic E-state index is 8.78. The summed E-state index contributed by atoms with van der Waals surface area (Å²) < 4.78 is 6.10. The molecule has 2 heteroatoms. The quantitative estimate of drug-likeness (QED) is 0.451. The van der Waals surface area contributed by atoms with Gasteiger partial charge in [-0.05, 0) is 41.4 Å². The number of hydrogen-bond donors (Lipinski definition) is 0. The second kappa shape index (κ2) is 9.96. The first-order chi connectivity index (χ1) is 11.0. The van der Waals surface area contributed by atoms with Crippen LogP contribution in [0.25, 0.3) is 0 Å². The third kappa shape index (κ3) is 5.99. The van der Waals surface area contributed by atoms with Crippen molar-refractivity contribution < 1.29 is 4.74 Å². The van der Waals surface area contributed by atoms with E-state index in [1.54, 1.807) is 0 Å². The highest BCUT2D eigenvalue weighted by atomic mass is 16.5. The summed E-state index contributed by atoms with van der Waals surface area (Å²) in [4.78, 5) is 0. The summed E-state index contributed by atoms with van der Waals surface area (Å²) in [5, 5.41) is 8.78. The van der Waals surface area contributed by atoms with Gasteiger partial charge >= 0.3 is 0 Å². The molecule has 0 aromatic heterocycles. The van der Waals surface area contributed by atoms with E-state index in [4.69, 9.17) is 10.00 Å². The molecular weight excluding hydrogens is 282 g/mol. The first-order valence-corrected chi connectivity index (χ1v) is 8.71. The lowest BCUT2D eigenvalue weighted by Gasteiger charge is -2.19. The summed E-state index contributed by atoms with van der Waals surface area (Å²) in [5.41, 5.74) is 3.28. The molecule has 2 nitrogen and oxygen atoms in total. The Morgan fingerprint density at radius 3 is 2.35 bits per heavy atom. The molecule has 0 N–H and O–H groups in total. The summed E-state index contributed by atoms with van der Waals surface area (Å²) in [6.45, 7) is 11.6. The van der Waals surface area contributed by atoms with E-state index in [9.17, 15) is 0 Å². The maximum Gasteiger partial charge on any atom is 0.152 e. The van der Waals surface area contributed by atoms with Crippen molar-refractivity contribution in [1.29, 1.82) is 5.26 Å². The van der Waals surface area contributed by atoms with Crippen LogP contribution in [0.5, 0.6) is 5.75 Å². The molecule has 0 amide bonds. The number of nitriles is 1. The Morgan fingerprint density at radius 1 is 1.04 bits per heavy atom. The Bertz CT molecular complexity index is 597. The van der Waals surface area contributed by atoms with E-state index in [-0.39, 0.29) is 0 Å². The zero-order chi connectivity index (χ0) is 17.2. The third-order valence-corrected chi connectivity index (χ3v) is 3.93. The minimum atomic E-state index is 0.363. The van der Waals surface area contributed by atoms with Crippen molar-refractivity contribution in [3.05, 3.63) is 28.8 Å². The number of rotatable bonds is 8. The minimum absolute atomic E-state index is 0.363. The molecule has 0 unspecified atom stereocenters. The molecule has 0 fully saturated rings. The van der Waals surface area contributed by atoms with Gasteiger partial charge in [-0.1, -0.05) is 59.9 Å². The predicted octanol–water partition coefficient (Wildman–Crippen LogP) is 5.77. The van der Waals surface area contributed by atoms with Gasteiger partial charge in [0.15, 0.2) is 6.07 Å². The third-order valence-electron chi connectivity index (χ3n) is 3.93. The summed E-state index contributed by atoms with van der Waals surface area (Å²) in [6, 6.07) is 6.21. The molecule has 23 heavy (non-hydrogen) atoms. The normalized spacial score (nSPS) is 10.3. The molecule has 1 aromatic carbocycles. The molecule has 0 bridgehead atoms. The molecule has 0 saturated carbocycles. The van der Waals surface area contributed by atoms with E-state index in [2.05, 4.69) is 58.6 Å². The Morgan fingerprint density at radius 2 is 1.78 bits per heavy atom. The van der Waals surface area contributed by atoms with E-state index in [0.717, 1.165) is 17.7 Å². The van der Waals surface area contributed by atoms with Crippen LogP contribution in [-0.4, -0.2) is 6.61 Å². The van der Waals surface area contributed by atoms with Gasteiger partial charge in [0.1, 0.15) is 5.75 Å². The highest BCUT2D eigenvalue weighted by Crippen LogP contribution is 2.34. The summed E-state index contributed by atoms with van der Waals surface area (Å²) in [6.07, 6.45) is 4.71. The SMILES string of the molecule is CCCCCCOc1c(C#CC#N)cc(C(C)C)cc1C(C)C. The van der Waals surface area contributed by atoms with Crippen molar-refractivity contribution in [2.75, 3.05) is 6.61 Å². The van der Waals surface area contributed by atoms with Crippen LogP contribution in [0.1, 0.15) is 88.8 Å². The van der Waals surface area contributed by atoms with Gasteiger partial charge in [-0.2, -0.15) is 5.26 Å². The van der Waals surface area contributed by atoms with Crippen molar-refractivity contribution in [3.8, 4) is 23.7 Å². The van der Waals surface area contributed by atoms with Crippen molar-refractivity contribution in [3.63, 3.8) is 0 Å². The van der Waals surface area contributed by atoms with Crippen LogP contribution in [0, 0.1) is 23.2 Å². The molecule has 0 aliphatic carbocycles. The van der Waals surface area contributed by atoms with Crippen LogP contribution >= 0.6 is 0 Å². The van der Waals surface area contributed by atoms with E-state index in [1.165, 1.54) is 30.4 Å². The topological polar surface area (TPSA) is 33.0 Å². The first-order valence-electron chi connectivity index (χ1n) is 8.71. The molecule has 0 aliphatic rings. The van der Waals surface area contributed by atoms with Crippen LogP contribution < -0.4 is 4.74 Å². The van der Waals surface area contributed by atoms with Gasteiger partial charge in [-0.3, -0.25) is 0 Å². The average molecular weight is 311 g/mol. The van der Waals surface area contributed by atoms with Crippen LogP contribution in [-0.2, 0) is 0 Å². The van der Waals surface area contributed by atoms with E-state index < -0.39 is 0 Å². The number of benzene rings is 1. The van der Waals surface area contributed by atoms with Gasteiger partial charge in [0.05, 0.1) is 12.2 Å². The summed E-state index contributed by atoms with van der Waals surface area (Å²) >= 11 is 0. The summed E-state index contributed by atoms with van der Waals surface area (Å²) in [5.74, 6) is 7.15. The van der Waals surface area contributed by atoms with Crippen LogP contribution in [0.15, 0.2) is 12.1 Å². The number of unbranched alkanes of at least 4 members (excludes halogenated alkanes) is 3. The predicted molar refractivity (Wildman–Crippen MR) is 96.7 cm³/mol. The molecule has 124 valence electrons. The Labute approximate surface area is 141 Å². The van der Waals surface area contributed by atoms with E-state index in [0.29, 0.717) is 18.4 Å². The summed E-state index contributed by atoms with van der Waals surface area (Å²) in [7, 11) is 0. The largest absolute Gasteiger partial charge is 0.492 e. The Hall–Kier alpha value is -1.93. The van der Waals surface area contributed by atoms with Gasteiger partial charge in [0.25, 0.3) is 0 Å². The zero-order valence-corrected chi connectivity index (χ0v) is 15.2. The van der Waals surface area contributed by atoms with E-state index in [1.807, 2.05) is 6.07 Å². The first kappa shape index (κ1) is 19.1. The molecule has 0 spiro atoms. The van der Waals surface area contributed by atoms with Crippen molar-refractivity contribution in [2.45, 2.75) is 72.1 Å².